The molecule has 3 nitrogen and oxygen atoms in total. The van der Waals surface area contributed by atoms with E-state index in [9.17, 15) is 4.39 Å². The van der Waals surface area contributed by atoms with Gasteiger partial charge in [-0.1, -0.05) is 67.9 Å². The van der Waals surface area contributed by atoms with E-state index in [2.05, 4.69) is 41.1 Å². The summed E-state index contributed by atoms with van der Waals surface area (Å²) in [5, 5.41) is 0. The fraction of sp³-hybridized carbons (Fsp3) is 0.480. The van der Waals surface area contributed by atoms with Crippen molar-refractivity contribution in [2.24, 2.45) is 10.7 Å². The third-order valence-electron chi connectivity index (χ3n) is 5.32. The number of halogens is 1. The van der Waals surface area contributed by atoms with Crippen LogP contribution in [0.4, 0.5) is 4.39 Å². The van der Waals surface area contributed by atoms with Gasteiger partial charge in [-0.3, -0.25) is 0 Å². The minimum absolute atomic E-state index is 0.290. The van der Waals surface area contributed by atoms with E-state index in [1.54, 1.807) is 13.8 Å². The van der Waals surface area contributed by atoms with Crippen LogP contribution in [0.2, 0.25) is 0 Å². The third kappa shape index (κ3) is 6.31. The molecule has 158 valence electrons. The Hall–Kier alpha value is -2.36. The SMILES string of the molecule is CC.Cc1ccc(C2CCCCN2C(N)=NCc2ccc(C(C)(C)F)cc2)cc1. The van der Waals surface area contributed by atoms with Crippen LogP contribution in [-0.2, 0) is 12.2 Å². The fourth-order valence-corrected chi connectivity index (χ4v) is 3.61. The van der Waals surface area contributed by atoms with Crippen molar-refractivity contribution in [1.29, 1.82) is 0 Å². The zero-order valence-electron chi connectivity index (χ0n) is 18.6. The van der Waals surface area contributed by atoms with Crippen LogP contribution >= 0.6 is 0 Å². The number of likely N-dealkylation sites (tertiary alicyclic amines) is 1. The van der Waals surface area contributed by atoms with Crippen molar-refractivity contribution in [3.05, 3.63) is 70.8 Å². The summed E-state index contributed by atoms with van der Waals surface area (Å²) in [6.07, 6.45) is 3.45. The van der Waals surface area contributed by atoms with E-state index in [0.29, 0.717) is 18.1 Å². The van der Waals surface area contributed by atoms with Crippen LogP contribution in [0, 0.1) is 6.92 Å². The summed E-state index contributed by atoms with van der Waals surface area (Å²) in [5.41, 5.74) is 9.33. The fourth-order valence-electron chi connectivity index (χ4n) is 3.61. The molecule has 0 aliphatic carbocycles. The molecule has 0 aromatic heterocycles. The first kappa shape index (κ1) is 22.9. The number of alkyl halides is 1. The molecule has 1 heterocycles. The number of nitrogens with two attached hydrogens (primary N) is 1. The highest BCUT2D eigenvalue weighted by atomic mass is 19.1. The second-order valence-corrected chi connectivity index (χ2v) is 7.96. The van der Waals surface area contributed by atoms with Gasteiger partial charge in [0.25, 0.3) is 0 Å². The number of rotatable bonds is 4. The first-order valence-electron chi connectivity index (χ1n) is 10.8. The molecular weight excluding hydrogens is 361 g/mol. The Morgan fingerprint density at radius 1 is 1.07 bits per heavy atom. The number of piperidine rings is 1. The van der Waals surface area contributed by atoms with Gasteiger partial charge < -0.3 is 10.6 Å². The lowest BCUT2D eigenvalue weighted by atomic mass is 9.95. The molecule has 0 amide bonds. The van der Waals surface area contributed by atoms with E-state index in [4.69, 9.17) is 5.73 Å². The Bertz CT molecular complexity index is 773. The molecule has 2 aromatic rings. The first-order valence-corrected chi connectivity index (χ1v) is 10.8. The summed E-state index contributed by atoms with van der Waals surface area (Å²) < 4.78 is 14.0. The number of aliphatic imine (C=N–C) groups is 1. The number of hydrogen-bond acceptors (Lipinski definition) is 1. The van der Waals surface area contributed by atoms with Crippen LogP contribution in [0.25, 0.3) is 0 Å². The third-order valence-corrected chi connectivity index (χ3v) is 5.32. The van der Waals surface area contributed by atoms with Crippen molar-refractivity contribution >= 4 is 5.96 Å². The molecular formula is C25H36FN3. The molecule has 0 bridgehead atoms. The molecule has 2 aromatic carbocycles. The molecule has 1 aliphatic heterocycles. The largest absolute Gasteiger partial charge is 0.370 e. The standard InChI is InChI=1S/C23H30FN3.C2H6/c1-17-7-11-19(12-8-17)21-6-4-5-15-27(21)22(25)26-16-18-9-13-20(14-10-18)23(2,3)24;1-2/h7-14,21H,4-6,15-16H2,1-3H3,(H2,25,26);1-2H3. The van der Waals surface area contributed by atoms with E-state index >= 15 is 0 Å². The molecule has 1 unspecified atom stereocenters. The van der Waals surface area contributed by atoms with Gasteiger partial charge in [0, 0.05) is 6.54 Å². The van der Waals surface area contributed by atoms with E-state index in [0.717, 1.165) is 24.9 Å². The maximum absolute atomic E-state index is 14.0. The molecule has 3 rings (SSSR count). The Balaban J connectivity index is 0.00000145. The minimum Gasteiger partial charge on any atom is -0.370 e. The number of guanidine groups is 1. The number of hydrogen-bond donors (Lipinski definition) is 1. The van der Waals surface area contributed by atoms with Gasteiger partial charge in [0.2, 0.25) is 0 Å². The highest BCUT2D eigenvalue weighted by Gasteiger charge is 2.25. The average Bonchev–Trinajstić information content (AvgIpc) is 2.74. The molecule has 1 fully saturated rings. The second-order valence-electron chi connectivity index (χ2n) is 7.96. The maximum atomic E-state index is 14.0. The van der Waals surface area contributed by atoms with Gasteiger partial charge in [0.05, 0.1) is 12.6 Å². The Morgan fingerprint density at radius 3 is 2.28 bits per heavy atom. The molecule has 1 aliphatic rings. The zero-order valence-corrected chi connectivity index (χ0v) is 18.6. The Morgan fingerprint density at radius 2 is 1.69 bits per heavy atom. The number of aryl methyl sites for hydroxylation is 1. The minimum atomic E-state index is -1.32. The quantitative estimate of drug-likeness (QED) is 0.488. The molecule has 0 radical (unpaired) electrons. The Labute approximate surface area is 175 Å². The molecule has 29 heavy (non-hydrogen) atoms. The van der Waals surface area contributed by atoms with Crippen molar-refractivity contribution in [1.82, 2.24) is 4.90 Å². The highest BCUT2D eigenvalue weighted by Crippen LogP contribution is 2.31. The summed E-state index contributed by atoms with van der Waals surface area (Å²) in [6.45, 7) is 10.7. The molecule has 0 spiro atoms. The lowest BCUT2D eigenvalue weighted by Gasteiger charge is -2.37. The zero-order chi connectivity index (χ0) is 21.4. The number of benzene rings is 2. The average molecular weight is 398 g/mol. The molecule has 2 N–H and O–H groups in total. The van der Waals surface area contributed by atoms with Gasteiger partial charge in [0.15, 0.2) is 5.96 Å². The predicted octanol–water partition coefficient (Wildman–Crippen LogP) is 6.27. The Kier molecular flexibility index (Phi) is 8.24. The van der Waals surface area contributed by atoms with Crippen molar-refractivity contribution < 1.29 is 4.39 Å². The smallest absolute Gasteiger partial charge is 0.192 e. The van der Waals surface area contributed by atoms with E-state index in [1.165, 1.54) is 17.5 Å². The lowest BCUT2D eigenvalue weighted by Crippen LogP contribution is -2.43. The summed E-state index contributed by atoms with van der Waals surface area (Å²) in [7, 11) is 0. The van der Waals surface area contributed by atoms with Crippen molar-refractivity contribution in [2.45, 2.75) is 72.1 Å². The van der Waals surface area contributed by atoms with Crippen LogP contribution in [0.3, 0.4) is 0 Å². The van der Waals surface area contributed by atoms with Gasteiger partial charge in [-0.15, -0.1) is 0 Å². The van der Waals surface area contributed by atoms with E-state index < -0.39 is 5.67 Å². The topological polar surface area (TPSA) is 41.6 Å². The van der Waals surface area contributed by atoms with Crippen molar-refractivity contribution in [2.75, 3.05) is 6.54 Å². The predicted molar refractivity (Wildman–Crippen MR) is 122 cm³/mol. The van der Waals surface area contributed by atoms with Crippen molar-refractivity contribution in [3.63, 3.8) is 0 Å². The monoisotopic (exact) mass is 397 g/mol. The van der Waals surface area contributed by atoms with Crippen LogP contribution in [0.5, 0.6) is 0 Å². The van der Waals surface area contributed by atoms with Crippen LogP contribution in [0.1, 0.15) is 75.3 Å². The molecule has 4 heteroatoms. The summed E-state index contributed by atoms with van der Waals surface area (Å²) in [5.74, 6) is 0.593. The normalized spacial score (nSPS) is 17.5. The van der Waals surface area contributed by atoms with Crippen LogP contribution < -0.4 is 5.73 Å². The second kappa shape index (κ2) is 10.4. The van der Waals surface area contributed by atoms with Gasteiger partial charge in [-0.05, 0) is 56.7 Å². The first-order chi connectivity index (χ1) is 13.8. The van der Waals surface area contributed by atoms with Crippen LogP contribution in [0.15, 0.2) is 53.5 Å². The van der Waals surface area contributed by atoms with Gasteiger partial charge in [-0.2, -0.15) is 0 Å². The van der Waals surface area contributed by atoms with E-state index in [1.807, 2.05) is 38.1 Å². The highest BCUT2D eigenvalue weighted by molar-refractivity contribution is 5.78. The summed E-state index contributed by atoms with van der Waals surface area (Å²) in [6, 6.07) is 16.5. The van der Waals surface area contributed by atoms with Gasteiger partial charge in [-0.25, -0.2) is 9.38 Å². The summed E-state index contributed by atoms with van der Waals surface area (Å²) in [4.78, 5) is 6.86. The molecule has 1 atom stereocenters. The molecule has 1 saturated heterocycles. The van der Waals surface area contributed by atoms with E-state index in [-0.39, 0.29) is 6.04 Å². The summed E-state index contributed by atoms with van der Waals surface area (Å²) >= 11 is 0. The lowest BCUT2D eigenvalue weighted by molar-refractivity contribution is 0.221. The van der Waals surface area contributed by atoms with Gasteiger partial charge in [0.1, 0.15) is 5.67 Å². The van der Waals surface area contributed by atoms with Crippen LogP contribution in [-0.4, -0.2) is 17.4 Å². The molecule has 0 saturated carbocycles. The number of nitrogens with zero attached hydrogens (tertiary/aromatic N) is 2. The maximum Gasteiger partial charge on any atom is 0.192 e. The van der Waals surface area contributed by atoms with Crippen molar-refractivity contribution in [3.8, 4) is 0 Å². The van der Waals surface area contributed by atoms with Gasteiger partial charge >= 0.3 is 0 Å².